The average Bonchev–Trinajstić information content (AvgIpc) is 3.25. The number of hydrogen-bond donors (Lipinski definition) is 4. The first-order valence-electron chi connectivity index (χ1n) is 10.4. The lowest BCUT2D eigenvalue weighted by atomic mass is 9.95. The SMILES string of the molecule is O=C(O)NC(Cc1ccc(Oc2ncnc3[nH]ccc23)cc1)C(=O)NC1CCCCC1. The van der Waals surface area contributed by atoms with Crippen molar-refractivity contribution in [3.63, 3.8) is 0 Å². The van der Waals surface area contributed by atoms with E-state index in [1.807, 2.05) is 18.2 Å². The highest BCUT2D eigenvalue weighted by Crippen LogP contribution is 2.26. The third kappa shape index (κ3) is 5.30. The van der Waals surface area contributed by atoms with Gasteiger partial charge >= 0.3 is 6.09 Å². The van der Waals surface area contributed by atoms with Gasteiger partial charge in [-0.1, -0.05) is 31.4 Å². The largest absolute Gasteiger partial charge is 0.465 e. The lowest BCUT2D eigenvalue weighted by Gasteiger charge is -2.25. The molecule has 0 spiro atoms. The van der Waals surface area contributed by atoms with Crippen LogP contribution in [0.5, 0.6) is 11.6 Å². The summed E-state index contributed by atoms with van der Waals surface area (Å²) < 4.78 is 5.86. The van der Waals surface area contributed by atoms with Crippen molar-refractivity contribution in [1.82, 2.24) is 25.6 Å². The summed E-state index contributed by atoms with van der Waals surface area (Å²) in [4.78, 5) is 35.2. The molecule has 1 aliphatic carbocycles. The maximum absolute atomic E-state index is 12.7. The van der Waals surface area contributed by atoms with Crippen LogP contribution in [0.25, 0.3) is 11.0 Å². The predicted octanol–water partition coefficient (Wildman–Crippen LogP) is 3.38. The van der Waals surface area contributed by atoms with Gasteiger partial charge in [0, 0.05) is 18.7 Å². The van der Waals surface area contributed by atoms with E-state index in [0.717, 1.165) is 36.6 Å². The zero-order valence-electron chi connectivity index (χ0n) is 17.0. The molecule has 1 saturated carbocycles. The van der Waals surface area contributed by atoms with Gasteiger partial charge in [0.25, 0.3) is 0 Å². The lowest BCUT2D eigenvalue weighted by Crippen LogP contribution is -2.50. The summed E-state index contributed by atoms with van der Waals surface area (Å²) in [6.45, 7) is 0. The molecule has 2 amide bonds. The number of fused-ring (bicyclic) bond motifs is 1. The highest BCUT2D eigenvalue weighted by molar-refractivity contribution is 5.85. The summed E-state index contributed by atoms with van der Waals surface area (Å²) in [5, 5.41) is 15.3. The van der Waals surface area contributed by atoms with Crippen LogP contribution in [0.2, 0.25) is 0 Å². The second-order valence-corrected chi connectivity index (χ2v) is 7.71. The first kappa shape index (κ1) is 20.6. The number of aromatic amines is 1. The predicted molar refractivity (Wildman–Crippen MR) is 114 cm³/mol. The Hall–Kier alpha value is -3.62. The number of amides is 2. The molecule has 1 fully saturated rings. The number of nitrogens with zero attached hydrogens (tertiary/aromatic N) is 2. The topological polar surface area (TPSA) is 129 Å². The Morgan fingerprint density at radius 2 is 1.90 bits per heavy atom. The van der Waals surface area contributed by atoms with Crippen molar-refractivity contribution in [3.8, 4) is 11.6 Å². The van der Waals surface area contributed by atoms with Crippen LogP contribution in [-0.4, -0.2) is 44.1 Å². The first-order chi connectivity index (χ1) is 15.1. The summed E-state index contributed by atoms with van der Waals surface area (Å²) in [5.41, 5.74) is 1.51. The molecule has 1 aliphatic rings. The Bertz CT molecular complexity index is 1040. The number of hydrogen-bond acceptors (Lipinski definition) is 5. The molecular formula is C22H25N5O4. The third-order valence-corrected chi connectivity index (χ3v) is 5.46. The zero-order valence-corrected chi connectivity index (χ0v) is 17.0. The molecule has 0 bridgehead atoms. The third-order valence-electron chi connectivity index (χ3n) is 5.46. The number of H-pyrrole nitrogens is 1. The van der Waals surface area contributed by atoms with Gasteiger partial charge in [0.15, 0.2) is 0 Å². The molecular weight excluding hydrogens is 398 g/mol. The number of aromatic nitrogens is 3. The summed E-state index contributed by atoms with van der Waals surface area (Å²) in [6.07, 6.45) is 7.46. The number of carbonyl (C=O) groups is 2. The van der Waals surface area contributed by atoms with E-state index in [1.165, 1.54) is 12.7 Å². The minimum atomic E-state index is -1.22. The van der Waals surface area contributed by atoms with E-state index in [1.54, 1.807) is 18.3 Å². The molecule has 1 aromatic carbocycles. The molecule has 1 atom stereocenters. The monoisotopic (exact) mass is 423 g/mol. The number of ether oxygens (including phenoxy) is 1. The van der Waals surface area contributed by atoms with Gasteiger partial charge < -0.3 is 25.5 Å². The van der Waals surface area contributed by atoms with Gasteiger partial charge in [0.05, 0.1) is 5.39 Å². The van der Waals surface area contributed by atoms with E-state index in [2.05, 4.69) is 25.6 Å². The number of benzene rings is 1. The van der Waals surface area contributed by atoms with Gasteiger partial charge in [-0.2, -0.15) is 0 Å². The molecule has 3 aromatic rings. The van der Waals surface area contributed by atoms with Crippen molar-refractivity contribution in [2.45, 2.75) is 50.6 Å². The van der Waals surface area contributed by atoms with E-state index in [9.17, 15) is 9.59 Å². The fourth-order valence-electron chi connectivity index (χ4n) is 3.88. The van der Waals surface area contributed by atoms with Gasteiger partial charge in [0.2, 0.25) is 11.8 Å². The Morgan fingerprint density at radius 1 is 1.13 bits per heavy atom. The highest BCUT2D eigenvalue weighted by Gasteiger charge is 2.24. The van der Waals surface area contributed by atoms with Crippen molar-refractivity contribution in [2.75, 3.05) is 0 Å². The quantitative estimate of drug-likeness (QED) is 0.461. The standard InChI is InChI=1S/C22H25N5O4/c28-20(26-15-4-2-1-3-5-15)18(27-22(29)30)12-14-6-8-16(9-7-14)31-21-17-10-11-23-19(17)24-13-25-21/h6-11,13,15,18,27H,1-5,12H2,(H,26,28)(H,29,30)(H,23,24,25). The van der Waals surface area contributed by atoms with Crippen molar-refractivity contribution in [3.05, 3.63) is 48.4 Å². The number of carbonyl (C=O) groups excluding carboxylic acids is 1. The average molecular weight is 423 g/mol. The molecule has 9 heteroatoms. The first-order valence-corrected chi connectivity index (χ1v) is 10.4. The van der Waals surface area contributed by atoms with E-state index in [0.29, 0.717) is 17.3 Å². The van der Waals surface area contributed by atoms with Crippen LogP contribution in [-0.2, 0) is 11.2 Å². The fourth-order valence-corrected chi connectivity index (χ4v) is 3.88. The van der Waals surface area contributed by atoms with Crippen LogP contribution >= 0.6 is 0 Å². The van der Waals surface area contributed by atoms with Gasteiger partial charge in [-0.3, -0.25) is 4.79 Å². The van der Waals surface area contributed by atoms with Gasteiger partial charge in [0.1, 0.15) is 23.8 Å². The molecule has 0 aliphatic heterocycles. The maximum Gasteiger partial charge on any atom is 0.405 e. The molecule has 0 saturated heterocycles. The lowest BCUT2D eigenvalue weighted by molar-refractivity contribution is -0.123. The van der Waals surface area contributed by atoms with Crippen molar-refractivity contribution >= 4 is 23.0 Å². The normalized spacial score (nSPS) is 15.4. The molecule has 4 N–H and O–H groups in total. The zero-order chi connectivity index (χ0) is 21.6. The van der Waals surface area contributed by atoms with Crippen LogP contribution in [0.15, 0.2) is 42.9 Å². The molecule has 162 valence electrons. The maximum atomic E-state index is 12.7. The van der Waals surface area contributed by atoms with E-state index in [4.69, 9.17) is 9.84 Å². The van der Waals surface area contributed by atoms with Gasteiger partial charge in [-0.15, -0.1) is 0 Å². The van der Waals surface area contributed by atoms with Crippen molar-refractivity contribution in [1.29, 1.82) is 0 Å². The number of rotatable bonds is 7. The van der Waals surface area contributed by atoms with Crippen molar-refractivity contribution < 1.29 is 19.4 Å². The fraction of sp³-hybridized carbons (Fsp3) is 0.364. The van der Waals surface area contributed by atoms with Crippen LogP contribution in [0, 0.1) is 0 Å². The highest BCUT2D eigenvalue weighted by atomic mass is 16.5. The Morgan fingerprint density at radius 3 is 2.65 bits per heavy atom. The summed E-state index contributed by atoms with van der Waals surface area (Å²) in [5.74, 6) is 0.737. The minimum absolute atomic E-state index is 0.119. The second kappa shape index (κ2) is 9.46. The molecule has 2 heterocycles. The molecule has 0 radical (unpaired) electrons. The van der Waals surface area contributed by atoms with Crippen molar-refractivity contribution in [2.24, 2.45) is 0 Å². The van der Waals surface area contributed by atoms with Crippen LogP contribution in [0.1, 0.15) is 37.7 Å². The Kier molecular flexibility index (Phi) is 6.30. The molecule has 1 unspecified atom stereocenters. The summed E-state index contributed by atoms with van der Waals surface area (Å²) in [6, 6.07) is 8.27. The summed E-state index contributed by atoms with van der Waals surface area (Å²) in [7, 11) is 0. The summed E-state index contributed by atoms with van der Waals surface area (Å²) >= 11 is 0. The smallest absolute Gasteiger partial charge is 0.405 e. The van der Waals surface area contributed by atoms with Crippen LogP contribution in [0.4, 0.5) is 4.79 Å². The van der Waals surface area contributed by atoms with E-state index < -0.39 is 12.1 Å². The van der Waals surface area contributed by atoms with Gasteiger partial charge in [-0.25, -0.2) is 14.8 Å². The van der Waals surface area contributed by atoms with Crippen LogP contribution < -0.4 is 15.4 Å². The number of nitrogens with one attached hydrogen (secondary N) is 3. The van der Waals surface area contributed by atoms with E-state index in [-0.39, 0.29) is 18.4 Å². The van der Waals surface area contributed by atoms with Crippen LogP contribution in [0.3, 0.4) is 0 Å². The second-order valence-electron chi connectivity index (χ2n) is 7.71. The van der Waals surface area contributed by atoms with Gasteiger partial charge in [-0.05, 0) is 36.6 Å². The molecule has 9 nitrogen and oxygen atoms in total. The van der Waals surface area contributed by atoms with E-state index >= 15 is 0 Å². The molecule has 4 rings (SSSR count). The Labute approximate surface area is 179 Å². The number of carboxylic acid groups (broad SMARTS) is 1. The Balaban J connectivity index is 1.41. The minimum Gasteiger partial charge on any atom is -0.465 e. The molecule has 2 aromatic heterocycles. The molecule has 31 heavy (non-hydrogen) atoms.